The van der Waals surface area contributed by atoms with Crippen LogP contribution < -0.4 is 0 Å². The third-order valence-electron chi connectivity index (χ3n) is 3.04. The molecule has 0 fully saturated rings. The van der Waals surface area contributed by atoms with E-state index in [4.69, 9.17) is 0 Å². The predicted molar refractivity (Wildman–Crippen MR) is 87.6 cm³/mol. The van der Waals surface area contributed by atoms with E-state index in [1.807, 2.05) is 36.4 Å². The number of alkyl halides is 2. The van der Waals surface area contributed by atoms with Gasteiger partial charge in [-0.3, -0.25) is 10.1 Å². The third kappa shape index (κ3) is 3.49. The molecule has 0 aliphatic carbocycles. The molecule has 21 heavy (non-hydrogen) atoms. The largest absolute Gasteiger partial charge is 0.270 e. The minimum Gasteiger partial charge on any atom is -0.258 e. The molecule has 2 aromatic carbocycles. The van der Waals surface area contributed by atoms with Gasteiger partial charge >= 0.3 is 0 Å². The lowest BCUT2D eigenvalue weighted by atomic mass is 9.99. The van der Waals surface area contributed by atoms with Gasteiger partial charge in [0, 0.05) is 12.1 Å². The third-order valence-corrected chi connectivity index (χ3v) is 5.83. The summed E-state index contributed by atoms with van der Waals surface area (Å²) in [6.07, 6.45) is 0. The zero-order chi connectivity index (χ0) is 15.4. The summed E-state index contributed by atoms with van der Waals surface area (Å²) >= 11 is 7.18. The van der Waals surface area contributed by atoms with Crippen LogP contribution in [-0.4, -0.2) is 4.92 Å². The number of nitro groups is 1. The van der Waals surface area contributed by atoms with E-state index < -0.39 is 4.92 Å². The van der Waals surface area contributed by atoms with Gasteiger partial charge in [0.2, 0.25) is 0 Å². The highest BCUT2D eigenvalue weighted by atomic mass is 79.9. The van der Waals surface area contributed by atoms with Crippen molar-refractivity contribution in [3.8, 4) is 6.07 Å². The fourth-order valence-electron chi connectivity index (χ4n) is 1.96. The second kappa shape index (κ2) is 6.83. The first-order valence-corrected chi connectivity index (χ1v) is 7.89. The number of hydrogen-bond donors (Lipinski definition) is 0. The smallest absolute Gasteiger partial charge is 0.258 e. The number of nitrogens with zero attached hydrogens (tertiary/aromatic N) is 2. The van der Waals surface area contributed by atoms with E-state index in [1.165, 1.54) is 12.1 Å². The first-order valence-electron chi connectivity index (χ1n) is 6.06. The van der Waals surface area contributed by atoms with Crippen molar-refractivity contribution in [2.75, 3.05) is 0 Å². The molecule has 6 heteroatoms. The molecule has 0 unspecified atom stereocenters. The monoisotopic (exact) mass is 408 g/mol. The van der Waals surface area contributed by atoms with Gasteiger partial charge in [-0.15, -0.1) is 0 Å². The highest BCUT2D eigenvalue weighted by Crippen LogP contribution is 2.43. The fourth-order valence-corrected chi connectivity index (χ4v) is 3.25. The molecule has 4 nitrogen and oxygen atoms in total. The summed E-state index contributed by atoms with van der Waals surface area (Å²) in [5.41, 5.74) is 1.99. The Bertz CT molecular complexity index is 699. The van der Waals surface area contributed by atoms with Crippen LogP contribution in [-0.2, 0) is 0 Å². The Morgan fingerprint density at radius 1 is 1.10 bits per heavy atom. The first-order chi connectivity index (χ1) is 10.0. The quantitative estimate of drug-likeness (QED) is 0.403. The van der Waals surface area contributed by atoms with Crippen molar-refractivity contribution in [1.29, 1.82) is 5.26 Å². The Morgan fingerprint density at radius 2 is 1.76 bits per heavy atom. The number of benzene rings is 2. The van der Waals surface area contributed by atoms with E-state index in [1.54, 1.807) is 6.07 Å². The molecule has 2 rings (SSSR count). The summed E-state index contributed by atoms with van der Waals surface area (Å²) in [6.45, 7) is 0. The van der Waals surface area contributed by atoms with Crippen molar-refractivity contribution in [3.63, 3.8) is 0 Å². The molecule has 0 bridgehead atoms. The summed E-state index contributed by atoms with van der Waals surface area (Å²) < 4.78 is 0. The van der Waals surface area contributed by atoms with Gasteiger partial charge in [0.05, 0.1) is 26.2 Å². The summed E-state index contributed by atoms with van der Waals surface area (Å²) in [5, 5.41) is 20.0. The minimum atomic E-state index is -0.503. The molecule has 106 valence electrons. The summed E-state index contributed by atoms with van der Waals surface area (Å²) in [7, 11) is 0. The fraction of sp³-hybridized carbons (Fsp3) is 0.133. The van der Waals surface area contributed by atoms with E-state index in [0.717, 1.165) is 5.56 Å². The average molecular weight is 410 g/mol. The number of nitro benzene ring substituents is 1. The second-order valence-corrected chi connectivity index (χ2v) is 6.33. The molecule has 0 saturated heterocycles. The van der Waals surface area contributed by atoms with Crippen LogP contribution in [0.3, 0.4) is 0 Å². The minimum absolute atomic E-state index is 0.0488. The zero-order valence-corrected chi connectivity index (χ0v) is 13.9. The molecule has 0 spiro atoms. The number of non-ortho nitro benzene ring substituents is 1. The molecule has 0 aliphatic heterocycles. The lowest BCUT2D eigenvalue weighted by Gasteiger charge is -2.18. The van der Waals surface area contributed by atoms with E-state index in [-0.39, 0.29) is 15.3 Å². The summed E-state index contributed by atoms with van der Waals surface area (Å²) in [5.74, 6) is 0. The van der Waals surface area contributed by atoms with Gasteiger partial charge in [0.15, 0.2) is 0 Å². The normalized spacial score (nSPS) is 13.2. The maximum atomic E-state index is 10.8. The maximum absolute atomic E-state index is 10.8. The molecule has 0 radical (unpaired) electrons. The van der Waals surface area contributed by atoms with Crippen LogP contribution >= 0.6 is 31.9 Å². The highest BCUT2D eigenvalue weighted by molar-refractivity contribution is 9.12. The molecule has 0 aliphatic rings. The second-order valence-electron chi connectivity index (χ2n) is 4.35. The number of halogens is 2. The Balaban J connectivity index is 2.37. The molecular formula is C15H10Br2N2O2. The van der Waals surface area contributed by atoms with Gasteiger partial charge in [-0.25, -0.2) is 0 Å². The summed E-state index contributed by atoms with van der Waals surface area (Å²) in [4.78, 5) is 10.1. The van der Waals surface area contributed by atoms with Crippen molar-refractivity contribution in [3.05, 3.63) is 75.3 Å². The standard InChI is InChI=1S/C15H10Br2N2O2/c16-14(10-4-2-1-3-5-10)15(17)13-7-6-12(19(20)21)8-11(13)9-18/h1-8,14-15H/t14-,15-/m1/s1. The number of nitriles is 1. The Hall–Kier alpha value is -1.71. The van der Waals surface area contributed by atoms with E-state index in [9.17, 15) is 15.4 Å². The first kappa shape index (κ1) is 15.7. The van der Waals surface area contributed by atoms with Crippen molar-refractivity contribution < 1.29 is 4.92 Å². The Morgan fingerprint density at radius 3 is 2.33 bits per heavy atom. The molecular weight excluding hydrogens is 400 g/mol. The average Bonchev–Trinajstić information content (AvgIpc) is 2.53. The summed E-state index contributed by atoms with van der Waals surface area (Å²) in [6, 6.07) is 16.1. The van der Waals surface area contributed by atoms with Gasteiger partial charge in [0.25, 0.3) is 5.69 Å². The molecule has 2 aromatic rings. The van der Waals surface area contributed by atoms with E-state index in [2.05, 4.69) is 31.9 Å². The SMILES string of the molecule is N#Cc1cc([N+](=O)[O-])ccc1[C@@H](Br)[C@H](Br)c1ccccc1. The zero-order valence-electron chi connectivity index (χ0n) is 10.7. The number of hydrogen-bond acceptors (Lipinski definition) is 3. The van der Waals surface area contributed by atoms with Gasteiger partial charge in [0.1, 0.15) is 0 Å². The predicted octanol–water partition coefficient (Wildman–Crippen LogP) is 5.04. The van der Waals surface area contributed by atoms with E-state index in [0.29, 0.717) is 11.1 Å². The topological polar surface area (TPSA) is 66.9 Å². The van der Waals surface area contributed by atoms with Gasteiger partial charge in [-0.1, -0.05) is 62.2 Å². The molecule has 0 heterocycles. The van der Waals surface area contributed by atoms with Gasteiger partial charge in [-0.2, -0.15) is 5.26 Å². The van der Waals surface area contributed by atoms with Crippen molar-refractivity contribution >= 4 is 37.5 Å². The molecule has 0 N–H and O–H groups in total. The lowest BCUT2D eigenvalue weighted by Crippen LogP contribution is -2.02. The van der Waals surface area contributed by atoms with Gasteiger partial charge < -0.3 is 0 Å². The van der Waals surface area contributed by atoms with Crippen LogP contribution in [0.4, 0.5) is 5.69 Å². The molecule has 0 saturated carbocycles. The van der Waals surface area contributed by atoms with Crippen LogP contribution in [0.5, 0.6) is 0 Å². The van der Waals surface area contributed by atoms with Crippen molar-refractivity contribution in [2.24, 2.45) is 0 Å². The van der Waals surface area contributed by atoms with Crippen LogP contribution in [0.2, 0.25) is 0 Å². The Kier molecular flexibility index (Phi) is 5.10. The highest BCUT2D eigenvalue weighted by Gasteiger charge is 2.23. The van der Waals surface area contributed by atoms with Gasteiger partial charge in [-0.05, 0) is 17.2 Å². The lowest BCUT2D eigenvalue weighted by molar-refractivity contribution is -0.384. The molecule has 0 aromatic heterocycles. The van der Waals surface area contributed by atoms with Crippen LogP contribution in [0.1, 0.15) is 26.3 Å². The van der Waals surface area contributed by atoms with Crippen molar-refractivity contribution in [2.45, 2.75) is 9.65 Å². The molecule has 0 amide bonds. The number of rotatable bonds is 4. The van der Waals surface area contributed by atoms with Crippen LogP contribution in [0, 0.1) is 21.4 Å². The Labute approximate surface area is 138 Å². The maximum Gasteiger partial charge on any atom is 0.270 e. The van der Waals surface area contributed by atoms with Crippen molar-refractivity contribution in [1.82, 2.24) is 0 Å². The van der Waals surface area contributed by atoms with Crippen LogP contribution in [0.15, 0.2) is 48.5 Å². The molecule has 2 atom stereocenters. The van der Waals surface area contributed by atoms with Crippen LogP contribution in [0.25, 0.3) is 0 Å². The van der Waals surface area contributed by atoms with E-state index >= 15 is 0 Å².